The zero-order valence-electron chi connectivity index (χ0n) is 12.7. The molecule has 1 N–H and O–H groups in total. The van der Waals surface area contributed by atoms with Crippen molar-refractivity contribution < 1.29 is 0 Å². The minimum atomic E-state index is 0.658. The van der Waals surface area contributed by atoms with Gasteiger partial charge in [-0.25, -0.2) is 9.97 Å². The Morgan fingerprint density at radius 3 is 2.79 bits per heavy atom. The van der Waals surface area contributed by atoms with E-state index in [4.69, 9.17) is 0 Å². The van der Waals surface area contributed by atoms with Gasteiger partial charge in [-0.1, -0.05) is 30.3 Å². The van der Waals surface area contributed by atoms with E-state index in [1.165, 1.54) is 0 Å². The van der Waals surface area contributed by atoms with E-state index >= 15 is 0 Å². The summed E-state index contributed by atoms with van der Waals surface area (Å²) in [7, 11) is 0. The third-order valence-electron chi connectivity index (χ3n) is 3.52. The van der Waals surface area contributed by atoms with Crippen LogP contribution in [-0.2, 0) is 0 Å². The first kappa shape index (κ1) is 14.1. The molecule has 6 nitrogen and oxygen atoms in total. The SMILES string of the molecule is C(=Cc1ccccc1)Nc1cncc(-n2cnc3ccncc32)n1. The Morgan fingerprint density at radius 1 is 0.958 bits per heavy atom. The summed E-state index contributed by atoms with van der Waals surface area (Å²) in [6, 6.07) is 11.9. The third-order valence-corrected chi connectivity index (χ3v) is 3.52. The van der Waals surface area contributed by atoms with Crippen LogP contribution in [0.3, 0.4) is 0 Å². The summed E-state index contributed by atoms with van der Waals surface area (Å²) in [6.07, 6.45) is 12.4. The lowest BCUT2D eigenvalue weighted by Gasteiger charge is -2.05. The Labute approximate surface area is 138 Å². The first-order chi connectivity index (χ1) is 11.9. The van der Waals surface area contributed by atoms with Gasteiger partial charge in [0.15, 0.2) is 11.6 Å². The van der Waals surface area contributed by atoms with Crippen LogP contribution in [0, 0.1) is 0 Å². The summed E-state index contributed by atoms with van der Waals surface area (Å²) in [5.74, 6) is 1.34. The summed E-state index contributed by atoms with van der Waals surface area (Å²) in [4.78, 5) is 17.3. The van der Waals surface area contributed by atoms with Crippen molar-refractivity contribution in [2.24, 2.45) is 0 Å². The highest BCUT2D eigenvalue weighted by Crippen LogP contribution is 2.16. The Morgan fingerprint density at radius 2 is 1.88 bits per heavy atom. The molecule has 0 aliphatic carbocycles. The molecule has 0 unspecified atom stereocenters. The summed E-state index contributed by atoms with van der Waals surface area (Å²) >= 11 is 0. The van der Waals surface area contributed by atoms with E-state index in [0.29, 0.717) is 11.6 Å². The molecule has 3 aromatic heterocycles. The zero-order chi connectivity index (χ0) is 16.2. The Balaban J connectivity index is 1.59. The zero-order valence-corrected chi connectivity index (χ0v) is 12.7. The maximum absolute atomic E-state index is 4.57. The smallest absolute Gasteiger partial charge is 0.159 e. The number of fused-ring (bicyclic) bond motifs is 1. The maximum Gasteiger partial charge on any atom is 0.159 e. The van der Waals surface area contributed by atoms with Crippen molar-refractivity contribution in [3.8, 4) is 5.82 Å². The molecule has 0 amide bonds. The van der Waals surface area contributed by atoms with Crippen LogP contribution in [0.1, 0.15) is 5.56 Å². The highest BCUT2D eigenvalue weighted by atomic mass is 15.1. The van der Waals surface area contributed by atoms with Gasteiger partial charge in [0.2, 0.25) is 0 Å². The number of aromatic nitrogens is 5. The molecule has 0 saturated carbocycles. The lowest BCUT2D eigenvalue weighted by molar-refractivity contribution is 0.996. The minimum Gasteiger partial charge on any atom is -0.345 e. The molecule has 1 aromatic carbocycles. The number of benzene rings is 1. The Kier molecular flexibility index (Phi) is 3.69. The van der Waals surface area contributed by atoms with Crippen LogP contribution in [0.25, 0.3) is 22.9 Å². The normalized spacial score (nSPS) is 11.2. The molecular weight excluding hydrogens is 300 g/mol. The number of hydrogen-bond acceptors (Lipinski definition) is 5. The van der Waals surface area contributed by atoms with Crippen LogP contribution in [-0.4, -0.2) is 24.5 Å². The summed E-state index contributed by atoms with van der Waals surface area (Å²) < 4.78 is 1.86. The molecule has 0 radical (unpaired) electrons. The number of imidazole rings is 1. The van der Waals surface area contributed by atoms with E-state index in [1.807, 2.05) is 53.2 Å². The molecule has 4 aromatic rings. The largest absolute Gasteiger partial charge is 0.345 e. The highest BCUT2D eigenvalue weighted by Gasteiger charge is 2.06. The topological polar surface area (TPSA) is 68.5 Å². The molecule has 0 saturated heterocycles. The summed E-state index contributed by atoms with van der Waals surface area (Å²) in [6.45, 7) is 0. The second kappa shape index (κ2) is 6.29. The fraction of sp³-hybridized carbons (Fsp3) is 0. The van der Waals surface area contributed by atoms with Gasteiger partial charge in [0, 0.05) is 12.4 Å². The molecule has 116 valence electrons. The Hall–Kier alpha value is -3.54. The number of rotatable bonds is 4. The molecule has 0 aliphatic rings. The molecule has 3 heterocycles. The third kappa shape index (κ3) is 2.85. The van der Waals surface area contributed by atoms with Gasteiger partial charge in [-0.3, -0.25) is 14.5 Å². The molecule has 4 rings (SSSR count). The van der Waals surface area contributed by atoms with Crippen LogP contribution in [0.2, 0.25) is 0 Å². The van der Waals surface area contributed by atoms with Gasteiger partial charge in [0.25, 0.3) is 0 Å². The predicted molar refractivity (Wildman–Crippen MR) is 93.6 cm³/mol. The number of pyridine rings is 1. The van der Waals surface area contributed by atoms with Gasteiger partial charge in [-0.05, 0) is 17.7 Å². The van der Waals surface area contributed by atoms with Gasteiger partial charge in [0.1, 0.15) is 6.33 Å². The van der Waals surface area contributed by atoms with Crippen molar-refractivity contribution in [1.29, 1.82) is 0 Å². The van der Waals surface area contributed by atoms with E-state index in [2.05, 4.69) is 25.3 Å². The maximum atomic E-state index is 4.57. The van der Waals surface area contributed by atoms with Gasteiger partial charge >= 0.3 is 0 Å². The van der Waals surface area contributed by atoms with Crippen LogP contribution < -0.4 is 5.32 Å². The quantitative estimate of drug-likeness (QED) is 0.626. The lowest BCUT2D eigenvalue weighted by Crippen LogP contribution is -2.00. The summed E-state index contributed by atoms with van der Waals surface area (Å²) in [5, 5.41) is 3.14. The number of anilines is 1. The monoisotopic (exact) mass is 314 g/mol. The second-order valence-electron chi connectivity index (χ2n) is 5.13. The average molecular weight is 314 g/mol. The van der Waals surface area contributed by atoms with E-state index in [9.17, 15) is 0 Å². The standard InChI is InChI=1S/C18H14N6/c1-2-4-14(5-3-1)6-9-21-17-11-20-12-18(23-17)24-13-22-15-7-8-19-10-16(15)24/h1-13H,(H,21,23). The first-order valence-corrected chi connectivity index (χ1v) is 7.48. The second-order valence-corrected chi connectivity index (χ2v) is 5.13. The van der Waals surface area contributed by atoms with Gasteiger partial charge in [-0.15, -0.1) is 0 Å². The van der Waals surface area contributed by atoms with E-state index < -0.39 is 0 Å². The fourth-order valence-electron chi connectivity index (χ4n) is 2.37. The average Bonchev–Trinajstić information content (AvgIpc) is 3.07. The van der Waals surface area contributed by atoms with Crippen molar-refractivity contribution in [2.75, 3.05) is 5.32 Å². The van der Waals surface area contributed by atoms with E-state index in [-0.39, 0.29) is 0 Å². The summed E-state index contributed by atoms with van der Waals surface area (Å²) in [5.41, 5.74) is 2.87. The van der Waals surface area contributed by atoms with Crippen LogP contribution in [0.5, 0.6) is 0 Å². The van der Waals surface area contributed by atoms with E-state index in [1.54, 1.807) is 31.1 Å². The van der Waals surface area contributed by atoms with Gasteiger partial charge < -0.3 is 5.32 Å². The Bertz CT molecular complexity index is 991. The van der Waals surface area contributed by atoms with Crippen molar-refractivity contribution >= 4 is 22.9 Å². The molecule has 0 fully saturated rings. The fourth-order valence-corrected chi connectivity index (χ4v) is 2.37. The predicted octanol–water partition coefficient (Wildman–Crippen LogP) is 3.29. The van der Waals surface area contributed by atoms with Crippen LogP contribution in [0.4, 0.5) is 5.82 Å². The highest BCUT2D eigenvalue weighted by molar-refractivity contribution is 5.75. The van der Waals surface area contributed by atoms with Crippen molar-refractivity contribution in [3.63, 3.8) is 0 Å². The van der Waals surface area contributed by atoms with Gasteiger partial charge in [-0.2, -0.15) is 0 Å². The number of nitrogens with one attached hydrogen (secondary N) is 1. The molecule has 6 heteroatoms. The van der Waals surface area contributed by atoms with Crippen molar-refractivity contribution in [3.05, 3.63) is 79.3 Å². The molecule has 24 heavy (non-hydrogen) atoms. The molecular formula is C18H14N6. The molecule has 0 aliphatic heterocycles. The number of nitrogens with zero attached hydrogens (tertiary/aromatic N) is 5. The number of hydrogen-bond donors (Lipinski definition) is 1. The molecule has 0 spiro atoms. The van der Waals surface area contributed by atoms with Crippen molar-refractivity contribution in [1.82, 2.24) is 24.5 Å². The molecule has 0 atom stereocenters. The van der Waals surface area contributed by atoms with Crippen molar-refractivity contribution in [2.45, 2.75) is 0 Å². The molecule has 0 bridgehead atoms. The van der Waals surface area contributed by atoms with E-state index in [0.717, 1.165) is 16.6 Å². The van der Waals surface area contributed by atoms with Crippen LogP contribution >= 0.6 is 0 Å². The minimum absolute atomic E-state index is 0.658. The lowest BCUT2D eigenvalue weighted by atomic mass is 10.2. The van der Waals surface area contributed by atoms with Crippen LogP contribution in [0.15, 0.2) is 73.7 Å². The van der Waals surface area contributed by atoms with Gasteiger partial charge in [0.05, 0.1) is 29.6 Å². The first-order valence-electron chi connectivity index (χ1n) is 7.48.